The van der Waals surface area contributed by atoms with Crippen LogP contribution < -0.4 is 11.1 Å². The number of aromatic hydroxyl groups is 1. The first kappa shape index (κ1) is 32.9. The zero-order chi connectivity index (χ0) is 33.2. The van der Waals surface area contributed by atoms with Crippen LogP contribution in [-0.4, -0.2) is 42.2 Å². The van der Waals surface area contributed by atoms with E-state index in [2.05, 4.69) is 24.9 Å². The number of carbonyl (C=O) groups is 1. The molecule has 5 rings (SSSR count). The number of rotatable bonds is 10. The molecule has 0 aliphatic rings. The van der Waals surface area contributed by atoms with Crippen LogP contribution in [0.5, 0.6) is 5.75 Å². The zero-order valence-corrected chi connectivity index (χ0v) is 25.5. The van der Waals surface area contributed by atoms with Crippen molar-refractivity contribution in [2.75, 3.05) is 5.32 Å². The number of hydrogen-bond donors (Lipinski definition) is 6. The Labute approximate surface area is 264 Å². The van der Waals surface area contributed by atoms with Gasteiger partial charge >= 0.3 is 0 Å². The lowest BCUT2D eigenvalue weighted by Gasteiger charge is -2.15. The Kier molecular flexibility index (Phi) is 9.35. The molecule has 5 aromatic rings. The summed E-state index contributed by atoms with van der Waals surface area (Å²) in [5.74, 6) is -1.41. The normalized spacial score (nSPS) is 12.3. The Morgan fingerprint density at radius 2 is 1.63 bits per heavy atom. The van der Waals surface area contributed by atoms with Crippen molar-refractivity contribution >= 4 is 76.8 Å². The largest absolute Gasteiger partial charge is 0.505 e. The van der Waals surface area contributed by atoms with Crippen LogP contribution in [-0.2, 0) is 36.2 Å². The summed E-state index contributed by atoms with van der Waals surface area (Å²) in [6, 6.07) is 18.4. The molecule has 0 spiro atoms. The average molecular weight is 687 g/mol. The van der Waals surface area contributed by atoms with Crippen molar-refractivity contribution < 1.29 is 50.5 Å². The third kappa shape index (κ3) is 6.70. The molecule has 0 bridgehead atoms. The Hall–Kier alpha value is -4.50. The average Bonchev–Trinajstić information content (AvgIpc) is 3.01. The molecule has 15 nitrogen and oxygen atoms in total. The number of nitrogens with one attached hydrogen (secondary N) is 1. The molecule has 238 valence electrons. The molecule has 0 radical (unpaired) electrons. The molecule has 0 fully saturated rings. The van der Waals surface area contributed by atoms with Crippen LogP contribution in [0.15, 0.2) is 104 Å². The van der Waals surface area contributed by atoms with Crippen LogP contribution in [0.1, 0.15) is 15.9 Å². The quantitative estimate of drug-likeness (QED) is 0.0337. The standard InChI is InChI=1S/C28H22N4O11S3/c29-14-16-7-4-8-20-19(16)9-10-21(27(20)46(39,40)41)31-32-25-23(44-43-42-35)12-17-11-18(45(36,37)38)13-22(24(17)26(25)33)30-28(34)15-5-2-1-3-6-15/h1-13,33,35H,14,29H2,(H,30,34)(H,36,37,38)(H,39,40,41). The highest BCUT2D eigenvalue weighted by molar-refractivity contribution is 7.94. The van der Waals surface area contributed by atoms with E-state index in [1.54, 1.807) is 30.3 Å². The summed E-state index contributed by atoms with van der Waals surface area (Å²) in [5, 5.41) is 34.7. The fraction of sp³-hybridized carbons (Fsp3) is 0.0357. The van der Waals surface area contributed by atoms with Crippen molar-refractivity contribution in [3.05, 3.63) is 90.0 Å². The summed E-state index contributed by atoms with van der Waals surface area (Å²) in [4.78, 5) is 11.6. The first-order chi connectivity index (χ1) is 21.8. The maximum Gasteiger partial charge on any atom is 0.297 e. The fourth-order valence-electron chi connectivity index (χ4n) is 4.72. The molecule has 0 saturated carbocycles. The minimum atomic E-state index is -4.89. The molecule has 5 aromatic carbocycles. The maximum absolute atomic E-state index is 13.0. The second-order valence-electron chi connectivity index (χ2n) is 9.47. The third-order valence-corrected chi connectivity index (χ3v) is 9.07. The van der Waals surface area contributed by atoms with Crippen molar-refractivity contribution in [1.29, 1.82) is 0 Å². The number of amides is 1. The van der Waals surface area contributed by atoms with Gasteiger partial charge in [0.1, 0.15) is 16.3 Å². The van der Waals surface area contributed by atoms with Crippen LogP contribution in [0.25, 0.3) is 21.5 Å². The Morgan fingerprint density at radius 1 is 0.891 bits per heavy atom. The van der Waals surface area contributed by atoms with Gasteiger partial charge in [-0.2, -0.15) is 16.8 Å². The zero-order valence-electron chi connectivity index (χ0n) is 23.1. The van der Waals surface area contributed by atoms with E-state index in [0.717, 1.165) is 12.1 Å². The SMILES string of the molecule is NCc1cccc2c(S(=O)(=O)O)c(N=Nc3c(SOOO)cc4cc(S(=O)(=O)O)cc(NC(=O)c5ccccc5)c4c3O)ccc12. The van der Waals surface area contributed by atoms with E-state index < -0.39 is 47.4 Å². The predicted molar refractivity (Wildman–Crippen MR) is 166 cm³/mol. The van der Waals surface area contributed by atoms with E-state index in [4.69, 9.17) is 11.0 Å². The first-order valence-corrected chi connectivity index (χ1v) is 16.4. The maximum atomic E-state index is 13.0. The molecule has 46 heavy (non-hydrogen) atoms. The molecule has 0 unspecified atom stereocenters. The number of nitrogens with zero attached hydrogens (tertiary/aromatic N) is 2. The highest BCUT2D eigenvalue weighted by Crippen LogP contribution is 2.47. The lowest BCUT2D eigenvalue weighted by Crippen LogP contribution is -2.13. The Morgan fingerprint density at radius 3 is 2.28 bits per heavy atom. The van der Waals surface area contributed by atoms with Gasteiger partial charge in [-0.05, 0) is 52.7 Å². The van der Waals surface area contributed by atoms with E-state index >= 15 is 0 Å². The number of hydrogen-bond acceptors (Lipinski definition) is 13. The second kappa shape index (κ2) is 13.1. The number of fused-ring (bicyclic) bond motifs is 2. The lowest BCUT2D eigenvalue weighted by atomic mass is 10.0. The number of anilines is 1. The van der Waals surface area contributed by atoms with Crippen molar-refractivity contribution in [1.82, 2.24) is 0 Å². The molecule has 0 heterocycles. The van der Waals surface area contributed by atoms with Crippen LogP contribution in [0.4, 0.5) is 17.1 Å². The van der Waals surface area contributed by atoms with Crippen LogP contribution in [0, 0.1) is 0 Å². The van der Waals surface area contributed by atoms with Crippen LogP contribution >= 0.6 is 12.0 Å². The van der Waals surface area contributed by atoms with Gasteiger partial charge in [-0.15, -0.1) is 14.6 Å². The molecule has 0 saturated heterocycles. The number of nitrogens with two attached hydrogens (primary N) is 1. The molecular formula is C28H22N4O11S3. The third-order valence-electron chi connectivity index (χ3n) is 6.68. The van der Waals surface area contributed by atoms with Gasteiger partial charge in [-0.25, -0.2) is 5.26 Å². The van der Waals surface area contributed by atoms with E-state index in [0.29, 0.717) is 23.0 Å². The molecule has 0 aliphatic carbocycles. The number of benzene rings is 5. The summed E-state index contributed by atoms with van der Waals surface area (Å²) in [5.41, 5.74) is 5.54. The fourth-order valence-corrected chi connectivity index (χ4v) is 6.59. The summed E-state index contributed by atoms with van der Waals surface area (Å²) >= 11 is 0.292. The Bertz CT molecular complexity index is 2250. The minimum absolute atomic E-state index is 0.0578. The van der Waals surface area contributed by atoms with Gasteiger partial charge in [-0.1, -0.05) is 47.5 Å². The van der Waals surface area contributed by atoms with Crippen LogP contribution in [0.2, 0.25) is 0 Å². The monoisotopic (exact) mass is 686 g/mol. The Balaban J connectivity index is 1.75. The van der Waals surface area contributed by atoms with Gasteiger partial charge < -0.3 is 16.2 Å². The van der Waals surface area contributed by atoms with Gasteiger partial charge in [0.15, 0.2) is 5.75 Å². The van der Waals surface area contributed by atoms with Crippen molar-refractivity contribution in [3.8, 4) is 5.75 Å². The van der Waals surface area contributed by atoms with Gasteiger partial charge in [-0.3, -0.25) is 13.9 Å². The number of phenolic OH excluding ortho intramolecular Hbond substituents is 1. The highest BCUT2D eigenvalue weighted by atomic mass is 32.2. The molecule has 18 heteroatoms. The van der Waals surface area contributed by atoms with E-state index in [1.165, 1.54) is 36.4 Å². The van der Waals surface area contributed by atoms with Gasteiger partial charge in [0.25, 0.3) is 26.1 Å². The smallest absolute Gasteiger partial charge is 0.297 e. The summed E-state index contributed by atoms with van der Waals surface area (Å²) in [6.07, 6.45) is 0. The summed E-state index contributed by atoms with van der Waals surface area (Å²) < 4.78 is 73.6. The second-order valence-corrected chi connectivity index (χ2v) is 13.0. The topological polar surface area (TPSA) is 247 Å². The first-order valence-electron chi connectivity index (χ1n) is 12.8. The molecule has 0 atom stereocenters. The molecule has 0 aromatic heterocycles. The van der Waals surface area contributed by atoms with E-state index in [9.17, 15) is 35.8 Å². The summed E-state index contributed by atoms with van der Waals surface area (Å²) in [6.45, 7) is 0.0734. The van der Waals surface area contributed by atoms with E-state index in [-0.39, 0.29) is 44.5 Å². The van der Waals surface area contributed by atoms with Crippen LogP contribution in [0.3, 0.4) is 0 Å². The van der Waals surface area contributed by atoms with Crippen molar-refractivity contribution in [2.24, 2.45) is 16.0 Å². The highest BCUT2D eigenvalue weighted by Gasteiger charge is 2.24. The van der Waals surface area contributed by atoms with Gasteiger partial charge in [0.2, 0.25) is 0 Å². The van der Waals surface area contributed by atoms with Gasteiger partial charge in [0.05, 0.1) is 27.5 Å². The van der Waals surface area contributed by atoms with Crippen molar-refractivity contribution in [2.45, 2.75) is 21.2 Å². The molecule has 7 N–H and O–H groups in total. The number of phenols is 1. The molecule has 0 aliphatic heterocycles. The minimum Gasteiger partial charge on any atom is -0.505 e. The predicted octanol–water partition coefficient (Wildman–Crippen LogP) is 5.75. The van der Waals surface area contributed by atoms with E-state index in [1.807, 2.05) is 0 Å². The molecule has 1 amide bonds. The molecular weight excluding hydrogens is 665 g/mol. The number of carbonyl (C=O) groups excluding carboxylic acids is 1. The van der Waals surface area contributed by atoms with Gasteiger partial charge in [0, 0.05) is 22.9 Å². The summed E-state index contributed by atoms with van der Waals surface area (Å²) in [7, 11) is -9.72. The van der Waals surface area contributed by atoms with Crippen molar-refractivity contribution in [3.63, 3.8) is 0 Å². The number of azo groups is 1. The lowest BCUT2D eigenvalue weighted by molar-refractivity contribution is -0.432.